The lowest BCUT2D eigenvalue weighted by molar-refractivity contribution is -0.120. The fourth-order valence-corrected chi connectivity index (χ4v) is 4.14. The van der Waals surface area contributed by atoms with Crippen LogP contribution in [-0.4, -0.2) is 60.2 Å². The summed E-state index contributed by atoms with van der Waals surface area (Å²) < 4.78 is 39.7. The molecule has 2 aliphatic heterocycles. The summed E-state index contributed by atoms with van der Waals surface area (Å²) >= 11 is 0. The number of aliphatic hydroxyl groups is 1. The standard InChI is InChI=1S/C24H27F2N3O4/c25-18-5-4-6-19(26)20(18)24-28-21(23(27)31)22(33-24)15-7-9-17(10-8-15)32-14-16(30)13-29-11-2-1-3-12-29/h4-10,16,21-22,30H,1-3,11-14H2,(H2,27,31). The maximum Gasteiger partial charge on any atom is 0.246 e. The molecule has 1 fully saturated rings. The van der Waals surface area contributed by atoms with Crippen LogP contribution in [0.2, 0.25) is 0 Å². The average Bonchev–Trinajstić information content (AvgIpc) is 3.24. The van der Waals surface area contributed by atoms with Gasteiger partial charge in [0.2, 0.25) is 11.8 Å². The van der Waals surface area contributed by atoms with Gasteiger partial charge in [-0.25, -0.2) is 13.8 Å². The molecule has 2 aliphatic rings. The molecule has 3 unspecified atom stereocenters. The third-order valence-electron chi connectivity index (χ3n) is 5.82. The van der Waals surface area contributed by atoms with Crippen molar-refractivity contribution >= 4 is 11.8 Å². The lowest BCUT2D eigenvalue weighted by atomic mass is 10.0. The third kappa shape index (κ3) is 5.48. The van der Waals surface area contributed by atoms with Gasteiger partial charge in [-0.3, -0.25) is 4.79 Å². The molecule has 4 rings (SSSR count). The number of piperidine rings is 1. The molecule has 176 valence electrons. The highest BCUT2D eigenvalue weighted by molar-refractivity contribution is 5.99. The Morgan fingerprint density at radius 2 is 1.82 bits per heavy atom. The molecule has 33 heavy (non-hydrogen) atoms. The molecule has 2 aromatic carbocycles. The van der Waals surface area contributed by atoms with E-state index in [2.05, 4.69) is 9.89 Å². The van der Waals surface area contributed by atoms with Crippen LogP contribution in [0.4, 0.5) is 8.78 Å². The van der Waals surface area contributed by atoms with Crippen LogP contribution in [0.25, 0.3) is 0 Å². The summed E-state index contributed by atoms with van der Waals surface area (Å²) in [4.78, 5) is 18.2. The van der Waals surface area contributed by atoms with Gasteiger partial charge in [-0.05, 0) is 55.8 Å². The maximum absolute atomic E-state index is 14.2. The second-order valence-electron chi connectivity index (χ2n) is 8.31. The molecule has 3 N–H and O–H groups in total. The Hall–Kier alpha value is -3.04. The van der Waals surface area contributed by atoms with Crippen molar-refractivity contribution in [2.75, 3.05) is 26.2 Å². The second-order valence-corrected chi connectivity index (χ2v) is 8.31. The van der Waals surface area contributed by atoms with Crippen LogP contribution in [0.15, 0.2) is 47.5 Å². The van der Waals surface area contributed by atoms with E-state index >= 15 is 0 Å². The van der Waals surface area contributed by atoms with Crippen LogP contribution >= 0.6 is 0 Å². The van der Waals surface area contributed by atoms with Gasteiger partial charge in [-0.1, -0.05) is 24.6 Å². The zero-order valence-corrected chi connectivity index (χ0v) is 18.1. The number of benzene rings is 2. The smallest absolute Gasteiger partial charge is 0.246 e. The molecule has 0 radical (unpaired) electrons. The Bertz CT molecular complexity index is 989. The number of aliphatic hydroxyl groups excluding tert-OH is 1. The summed E-state index contributed by atoms with van der Waals surface area (Å²) in [7, 11) is 0. The Labute approximate surface area is 190 Å². The van der Waals surface area contributed by atoms with Crippen LogP contribution in [-0.2, 0) is 9.53 Å². The lowest BCUT2D eigenvalue weighted by Gasteiger charge is -2.28. The van der Waals surface area contributed by atoms with Crippen molar-refractivity contribution in [2.45, 2.75) is 37.5 Å². The number of carbonyl (C=O) groups is 1. The molecule has 0 aliphatic carbocycles. The topological polar surface area (TPSA) is 97.4 Å². The molecule has 2 heterocycles. The van der Waals surface area contributed by atoms with Crippen molar-refractivity contribution in [2.24, 2.45) is 10.7 Å². The number of hydrogen-bond acceptors (Lipinski definition) is 6. The highest BCUT2D eigenvalue weighted by Gasteiger charge is 2.38. The Balaban J connectivity index is 1.40. The van der Waals surface area contributed by atoms with E-state index < -0.39 is 41.4 Å². The molecule has 1 amide bonds. The van der Waals surface area contributed by atoms with Gasteiger partial charge in [-0.2, -0.15) is 0 Å². The van der Waals surface area contributed by atoms with E-state index in [1.54, 1.807) is 24.3 Å². The number of hydrogen-bond donors (Lipinski definition) is 2. The van der Waals surface area contributed by atoms with Crippen LogP contribution in [0, 0.1) is 11.6 Å². The largest absolute Gasteiger partial charge is 0.491 e. The molecule has 0 bridgehead atoms. The summed E-state index contributed by atoms with van der Waals surface area (Å²) in [5.74, 6) is -2.23. The monoisotopic (exact) mass is 459 g/mol. The number of β-amino-alcohol motifs (C(OH)–C–C–N with tert-alkyl or cyclic N) is 1. The first kappa shape index (κ1) is 23.1. The first-order chi connectivity index (χ1) is 15.9. The normalized spacial score (nSPS) is 21.8. The number of nitrogens with two attached hydrogens (primary N) is 1. The van der Waals surface area contributed by atoms with Crippen molar-refractivity contribution in [1.82, 2.24) is 4.90 Å². The fraction of sp³-hybridized carbons (Fsp3) is 0.417. The fourth-order valence-electron chi connectivity index (χ4n) is 4.14. The highest BCUT2D eigenvalue weighted by atomic mass is 19.1. The number of likely N-dealkylation sites (tertiary alicyclic amines) is 1. The van der Waals surface area contributed by atoms with Gasteiger partial charge >= 0.3 is 0 Å². The molecule has 0 spiro atoms. The third-order valence-corrected chi connectivity index (χ3v) is 5.82. The van der Waals surface area contributed by atoms with Crippen LogP contribution in [0.5, 0.6) is 5.75 Å². The Kier molecular flexibility index (Phi) is 7.20. The minimum atomic E-state index is -1.13. The summed E-state index contributed by atoms with van der Waals surface area (Å²) in [6.07, 6.45) is 2.01. The number of rotatable bonds is 8. The second kappa shape index (κ2) is 10.3. The van der Waals surface area contributed by atoms with E-state index in [-0.39, 0.29) is 12.5 Å². The molecule has 1 saturated heterocycles. The molecule has 7 nitrogen and oxygen atoms in total. The number of ether oxygens (including phenoxy) is 2. The van der Waals surface area contributed by atoms with Gasteiger partial charge in [0.1, 0.15) is 35.7 Å². The zero-order chi connectivity index (χ0) is 23.4. The Morgan fingerprint density at radius 3 is 2.45 bits per heavy atom. The zero-order valence-electron chi connectivity index (χ0n) is 18.1. The highest BCUT2D eigenvalue weighted by Crippen LogP contribution is 2.33. The number of carbonyl (C=O) groups excluding carboxylic acids is 1. The van der Waals surface area contributed by atoms with Crippen molar-refractivity contribution < 1.29 is 28.2 Å². The SMILES string of the molecule is NC(=O)C1N=C(c2c(F)cccc2F)OC1c1ccc(OCC(O)CN2CCCCC2)cc1. The van der Waals surface area contributed by atoms with Gasteiger partial charge in [0, 0.05) is 6.54 Å². The number of amides is 1. The molecule has 0 aromatic heterocycles. The van der Waals surface area contributed by atoms with Crippen molar-refractivity contribution in [1.29, 1.82) is 0 Å². The molecule has 3 atom stereocenters. The van der Waals surface area contributed by atoms with E-state index in [0.29, 0.717) is 17.9 Å². The van der Waals surface area contributed by atoms with Crippen LogP contribution in [0.1, 0.15) is 36.5 Å². The van der Waals surface area contributed by atoms with Gasteiger partial charge in [0.25, 0.3) is 0 Å². The van der Waals surface area contributed by atoms with Gasteiger partial charge in [0.15, 0.2) is 12.1 Å². The number of aliphatic imine (C=N–C) groups is 1. The van der Waals surface area contributed by atoms with Crippen molar-refractivity contribution in [3.8, 4) is 5.75 Å². The van der Waals surface area contributed by atoms with E-state index in [9.17, 15) is 18.7 Å². The van der Waals surface area contributed by atoms with Crippen molar-refractivity contribution in [3.05, 3.63) is 65.2 Å². The number of halogens is 2. The summed E-state index contributed by atoms with van der Waals surface area (Å²) in [6.45, 7) is 2.71. The summed E-state index contributed by atoms with van der Waals surface area (Å²) in [5.41, 5.74) is 5.57. The van der Waals surface area contributed by atoms with Crippen molar-refractivity contribution in [3.63, 3.8) is 0 Å². The van der Waals surface area contributed by atoms with E-state index in [4.69, 9.17) is 15.2 Å². The van der Waals surface area contributed by atoms with Crippen LogP contribution < -0.4 is 10.5 Å². The first-order valence-electron chi connectivity index (χ1n) is 11.0. The summed E-state index contributed by atoms with van der Waals surface area (Å²) in [6, 6.07) is 8.96. The molecular formula is C24H27F2N3O4. The number of nitrogens with zero attached hydrogens (tertiary/aromatic N) is 2. The lowest BCUT2D eigenvalue weighted by Crippen LogP contribution is -2.38. The summed E-state index contributed by atoms with van der Waals surface area (Å²) in [5, 5.41) is 10.3. The molecule has 2 aromatic rings. The minimum absolute atomic E-state index is 0.152. The Morgan fingerprint density at radius 1 is 1.15 bits per heavy atom. The van der Waals surface area contributed by atoms with E-state index in [1.807, 2.05) is 0 Å². The molecule has 9 heteroatoms. The quantitative estimate of drug-likeness (QED) is 0.633. The minimum Gasteiger partial charge on any atom is -0.491 e. The first-order valence-corrected chi connectivity index (χ1v) is 11.0. The average molecular weight is 459 g/mol. The van der Waals surface area contributed by atoms with Gasteiger partial charge in [-0.15, -0.1) is 0 Å². The van der Waals surface area contributed by atoms with E-state index in [0.717, 1.165) is 38.1 Å². The number of primary amides is 1. The van der Waals surface area contributed by atoms with Gasteiger partial charge in [0.05, 0.1) is 0 Å². The predicted molar refractivity (Wildman–Crippen MR) is 118 cm³/mol. The molecule has 0 saturated carbocycles. The maximum atomic E-state index is 14.2. The van der Waals surface area contributed by atoms with Gasteiger partial charge < -0.3 is 25.2 Å². The predicted octanol–water partition coefficient (Wildman–Crippen LogP) is 2.56. The van der Waals surface area contributed by atoms with E-state index in [1.165, 1.54) is 12.5 Å². The van der Waals surface area contributed by atoms with Crippen LogP contribution in [0.3, 0.4) is 0 Å². The molecular weight excluding hydrogens is 432 g/mol.